The van der Waals surface area contributed by atoms with Crippen LogP contribution in [0.5, 0.6) is 0 Å². The maximum Gasteiger partial charge on any atom is 0 e. The molecule has 0 saturated heterocycles. The van der Waals surface area contributed by atoms with E-state index in [1.54, 1.807) is 0 Å². The second kappa shape index (κ2) is 485. The van der Waals surface area contributed by atoms with Gasteiger partial charge in [-0.15, -0.1) is 0 Å². The minimum absolute atomic E-state index is 0. The molecule has 0 saturated carbocycles. The summed E-state index contributed by atoms with van der Waals surface area (Å²) >= 11 is 0. The third kappa shape index (κ3) is 478. The monoisotopic (exact) mass is 5630 g/mol. The third-order valence-corrected chi connectivity index (χ3v) is 0. The molecule has 0 aliphatic carbocycles. The van der Waals surface area contributed by atoms with Crippen molar-refractivity contribution in [1.29, 1.82) is 0 Å². The molecule has 0 aromatic heterocycles. The Morgan fingerprint density at radius 3 is 0.0615 bits per heavy atom. The zero-order valence-electron chi connectivity index (χ0n) is 37.9. The van der Waals surface area contributed by atoms with Crippen LogP contribution in [0.4, 0.5) is 0 Å². The Hall–Kier alpha value is 69.5. The summed E-state index contributed by atoms with van der Waals surface area (Å²) in [5, 5.41) is 0. The number of hydrogen-bond acceptors (Lipinski definition) is 0. The van der Waals surface area contributed by atoms with Gasteiger partial charge in [0, 0.05) is 2060 Å². The molecule has 0 unspecified atom stereocenters. The molecule has 1 nitrogen and oxygen atoms in total. The van der Waals surface area contributed by atoms with Crippen molar-refractivity contribution in [1.82, 2.24) is 0 Å². The molecule has 63 radical (unpaired) electrons. The fourth-order valence-corrected chi connectivity index (χ4v) is 0. The van der Waals surface area contributed by atoms with Crippen molar-refractivity contribution >= 4 is 0 Å². The first-order chi connectivity index (χ1) is 1.00. The smallest absolute Gasteiger partial charge is 0 e. The number of nitrogens with one attached hydrogen (secondary N) is 1. The van der Waals surface area contributed by atoms with Gasteiger partial charge in [-0.25, -0.2) is 0 Å². The topological polar surface area (TPSA) is 23.8 Å². The van der Waals surface area contributed by atoms with Crippen LogP contribution in [0.2, 0.25) is 0 Å². The van der Waals surface area contributed by atoms with Gasteiger partial charge in [-0.3, -0.25) is 0 Å². The SMILES string of the molecule is C[NH-].[Y].[Y].[Y].[Y].[Y].[Y].[Y].[Y].[Y].[Y].[Y].[Y].[Y].[Y].[Y].[Y].[Y].[Y].[Y].[Y].[Y].[Y].[Y].[Y].[Y].[Y].[Y].[Y].[Y].[Y].[Y].[Y].[Y].[Y].[Y].[Y].[Y].[Y].[Y].[Y].[Y].[Y].[Y].[Y].[Y].[Y].[Y].[Y].[Y].[Y].[Y].[Y].[Y].[Y].[Y].[Y].[Y].[Y].[Y].[Y].[Y].[Y].[Y]. The van der Waals surface area contributed by atoms with Crippen LogP contribution in [-0.2, 0) is 2060 Å². The van der Waals surface area contributed by atoms with Crippen LogP contribution in [0.1, 0.15) is 0 Å². The molecule has 64 heteroatoms. The first-order valence-electron chi connectivity index (χ1n) is 0.500. The van der Waals surface area contributed by atoms with Gasteiger partial charge in [0.1, 0.15) is 0 Å². The Bertz CT molecular complexity index is 14.9. The van der Waals surface area contributed by atoms with E-state index in [1.165, 1.54) is 7.05 Å². The average Bonchev–Trinajstić information content (AvgIpc) is 1.00. The van der Waals surface area contributed by atoms with Crippen molar-refractivity contribution in [3.63, 3.8) is 0 Å². The average molecular weight is 5630 g/mol. The molecule has 0 fully saturated rings. The predicted octanol–water partition coefficient (Wildman–Crippen LogP) is 0.511. The molecule has 0 atom stereocenters. The fourth-order valence-electron chi connectivity index (χ4n) is 0. The van der Waals surface area contributed by atoms with E-state index in [1.807, 2.05) is 0 Å². The molecule has 0 aromatic carbocycles. The van der Waals surface area contributed by atoms with Gasteiger partial charge in [-0.1, -0.05) is 0 Å². The fraction of sp³-hybridized carbons (Fsp3) is 1.00. The van der Waals surface area contributed by atoms with E-state index in [4.69, 9.17) is 5.73 Å². The van der Waals surface area contributed by atoms with Crippen LogP contribution in [-0.4, -0.2) is 7.05 Å². The summed E-state index contributed by atoms with van der Waals surface area (Å²) < 4.78 is 0. The Labute approximate surface area is 1990 Å². The van der Waals surface area contributed by atoms with Gasteiger partial charge in [0.25, 0.3) is 0 Å². The van der Waals surface area contributed by atoms with E-state index in [0.29, 0.717) is 0 Å². The predicted molar refractivity (Wildman–Crippen MR) is 10.2 cm³/mol. The van der Waals surface area contributed by atoms with Crippen molar-refractivity contribution in [2.75, 3.05) is 7.05 Å². The van der Waals surface area contributed by atoms with Crippen LogP contribution in [0.25, 0.3) is 5.73 Å². The summed E-state index contributed by atoms with van der Waals surface area (Å²) in [6.07, 6.45) is 0. The number of hydrogen-bond donors (Lipinski definition) is 0. The van der Waals surface area contributed by atoms with Crippen LogP contribution >= 0.6 is 0 Å². The molecular weight excluding hydrogens is 5630 g/mol. The van der Waals surface area contributed by atoms with E-state index >= 15 is 0 Å². The maximum atomic E-state index is 5.75. The first kappa shape index (κ1) is 482. The van der Waals surface area contributed by atoms with E-state index in [2.05, 4.69) is 0 Å². The van der Waals surface area contributed by atoms with Crippen LogP contribution in [0.3, 0.4) is 0 Å². The van der Waals surface area contributed by atoms with E-state index in [0.717, 1.165) is 0 Å². The molecule has 0 rings (SSSR count). The van der Waals surface area contributed by atoms with Crippen LogP contribution in [0.15, 0.2) is 0 Å². The largest absolute Gasteiger partial charge is 0.680 e. The van der Waals surface area contributed by atoms with Gasteiger partial charge in [-0.2, -0.15) is 7.05 Å². The van der Waals surface area contributed by atoms with Crippen LogP contribution < -0.4 is 0 Å². The quantitative estimate of drug-likeness (QED) is 0.339. The van der Waals surface area contributed by atoms with Crippen molar-refractivity contribution < 1.29 is 2060 Å². The summed E-state index contributed by atoms with van der Waals surface area (Å²) in [6, 6.07) is 0. The summed E-state index contributed by atoms with van der Waals surface area (Å²) in [4.78, 5) is 0. The molecule has 0 aromatic rings. The minimum atomic E-state index is 0. The molecule has 0 heterocycles. The van der Waals surface area contributed by atoms with Crippen molar-refractivity contribution in [2.24, 2.45) is 0 Å². The Kier molecular flexibility index (Phi) is 3600. The molecule has 0 aliphatic rings. The zero-order valence-corrected chi connectivity index (χ0v) is 217. The molecule has 0 amide bonds. The first-order valence-corrected chi connectivity index (χ1v) is 0.500. The normalized spacial score (nSPS) is 0.0923. The summed E-state index contributed by atoms with van der Waals surface area (Å²) in [7, 11) is 1.25. The molecule has 1 N–H and O–H groups in total. The van der Waals surface area contributed by atoms with Gasteiger partial charge in [0.15, 0.2) is 0 Å². The summed E-state index contributed by atoms with van der Waals surface area (Å²) in [6.45, 7) is 0. The van der Waals surface area contributed by atoms with Crippen molar-refractivity contribution in [2.45, 2.75) is 0 Å². The van der Waals surface area contributed by atoms with Gasteiger partial charge in [0.2, 0.25) is 0 Å². The van der Waals surface area contributed by atoms with Gasteiger partial charge < -0.3 is 5.73 Å². The number of rotatable bonds is 0. The molecule has 0 spiro atoms. The third-order valence-electron chi connectivity index (χ3n) is 0. The molecule has 203 valence electrons. The summed E-state index contributed by atoms with van der Waals surface area (Å²) in [5.74, 6) is 0. The van der Waals surface area contributed by atoms with E-state index in [-0.39, 0.29) is 2060 Å². The van der Waals surface area contributed by atoms with Crippen molar-refractivity contribution in [3.05, 3.63) is 5.73 Å². The molecular formula is CH4NY63-. The molecule has 0 bridgehead atoms. The second-order valence-electron chi connectivity index (χ2n) is 0. The summed E-state index contributed by atoms with van der Waals surface area (Å²) in [5.41, 5.74) is 5.75. The van der Waals surface area contributed by atoms with Gasteiger partial charge >= 0.3 is 0 Å². The van der Waals surface area contributed by atoms with E-state index in [9.17, 15) is 0 Å². The maximum absolute atomic E-state index is 5.75. The Morgan fingerprint density at radius 1 is 0.0615 bits per heavy atom. The minimum Gasteiger partial charge on any atom is -0.680 e. The Balaban J connectivity index is -0.00000000000256. The second-order valence-corrected chi connectivity index (χ2v) is 0. The molecule has 0 aliphatic heterocycles. The Morgan fingerprint density at radius 2 is 0.0615 bits per heavy atom. The van der Waals surface area contributed by atoms with E-state index < -0.39 is 0 Å². The standard InChI is InChI=1S/CH4N.63Y/c1-2;;;;;;;;;;;;;;;;;;;;;;;;;;;;;;;;;;;;;;;;;;;;;;;;;;;;;;;;;;;;;;;/h2H,1H3;;;;;;;;;;;;;;;;;;;;;;;;;;;;;;;;;;;;;;;;;;;;;;;;;;;;;;;;;;;;;;;/q-1;;;;;;;;;;;;;;;;;;;;;;;;;;;;;;;;;;;;;;;;;;;;;;;;;;;;;;;;;;;;;;;. The van der Waals surface area contributed by atoms with Crippen molar-refractivity contribution in [3.8, 4) is 0 Å². The van der Waals surface area contributed by atoms with Gasteiger partial charge in [-0.05, 0) is 0 Å². The van der Waals surface area contributed by atoms with Crippen LogP contribution in [0, 0.1) is 0 Å². The zero-order chi connectivity index (χ0) is 2.00. The van der Waals surface area contributed by atoms with Gasteiger partial charge in [0.05, 0.1) is 0 Å². The molecule has 65 heavy (non-hydrogen) atoms.